The van der Waals surface area contributed by atoms with Gasteiger partial charge in [-0.05, 0) is 63.1 Å². The fourth-order valence-electron chi connectivity index (χ4n) is 3.82. The number of carbonyl (C=O) groups excluding carboxylic acids is 1. The molecule has 3 aromatic carbocycles. The molecule has 3 rings (SSSR count). The maximum Gasteiger partial charge on any atom is 0.264 e. The van der Waals surface area contributed by atoms with E-state index < -0.39 is 22.5 Å². The lowest BCUT2D eigenvalue weighted by atomic mass is 10.1. The van der Waals surface area contributed by atoms with E-state index in [1.807, 2.05) is 39.8 Å². The first-order valence-corrected chi connectivity index (χ1v) is 12.2. The molecule has 180 valence electrons. The number of sulfonamides is 1. The average molecular weight is 483 g/mol. The molecule has 1 N–H and O–H groups in total. The van der Waals surface area contributed by atoms with E-state index in [9.17, 15) is 13.2 Å². The van der Waals surface area contributed by atoms with E-state index in [1.165, 1.54) is 26.4 Å². The lowest BCUT2D eigenvalue weighted by molar-refractivity contribution is -0.114. The largest absolute Gasteiger partial charge is 0.497 e. The maximum absolute atomic E-state index is 13.7. The number of nitrogens with one attached hydrogen (secondary N) is 1. The summed E-state index contributed by atoms with van der Waals surface area (Å²) in [6.45, 7) is 7.21. The number of nitrogens with zero attached hydrogens (tertiary/aromatic N) is 1. The zero-order chi connectivity index (χ0) is 25.0. The maximum atomic E-state index is 13.7. The van der Waals surface area contributed by atoms with Crippen molar-refractivity contribution in [2.75, 3.05) is 30.4 Å². The minimum absolute atomic E-state index is 0.0680. The number of aryl methyl sites for hydroxylation is 4. The first-order valence-electron chi connectivity index (χ1n) is 10.8. The molecule has 0 aliphatic heterocycles. The normalized spacial score (nSPS) is 11.1. The van der Waals surface area contributed by atoms with Gasteiger partial charge in [-0.3, -0.25) is 9.10 Å². The van der Waals surface area contributed by atoms with Crippen LogP contribution >= 0.6 is 0 Å². The van der Waals surface area contributed by atoms with Gasteiger partial charge in [-0.15, -0.1) is 0 Å². The second-order valence-corrected chi connectivity index (χ2v) is 10.0. The van der Waals surface area contributed by atoms with Crippen LogP contribution in [0.3, 0.4) is 0 Å². The number of methoxy groups -OCH3 is 2. The average Bonchev–Trinajstić information content (AvgIpc) is 2.79. The molecule has 0 bridgehead atoms. The van der Waals surface area contributed by atoms with Crippen molar-refractivity contribution in [3.05, 3.63) is 76.9 Å². The van der Waals surface area contributed by atoms with Crippen molar-refractivity contribution in [1.29, 1.82) is 0 Å². The molecule has 0 heterocycles. The van der Waals surface area contributed by atoms with E-state index >= 15 is 0 Å². The SMILES string of the molecule is COc1ccc(OC)c(N(CC(=O)Nc2c(C)cc(C)cc2C)S(=O)(=O)c2ccc(C)cc2)c1. The highest BCUT2D eigenvalue weighted by Crippen LogP contribution is 2.36. The van der Waals surface area contributed by atoms with E-state index in [0.717, 1.165) is 26.6 Å². The highest BCUT2D eigenvalue weighted by Gasteiger charge is 2.30. The Morgan fingerprint density at radius 3 is 2.03 bits per heavy atom. The van der Waals surface area contributed by atoms with Gasteiger partial charge in [0.15, 0.2) is 0 Å². The molecule has 0 saturated heterocycles. The Kier molecular flexibility index (Phi) is 7.51. The molecule has 0 aliphatic rings. The number of hydrogen-bond acceptors (Lipinski definition) is 5. The van der Waals surface area contributed by atoms with Crippen LogP contribution in [0.2, 0.25) is 0 Å². The molecule has 8 heteroatoms. The molecule has 0 radical (unpaired) electrons. The van der Waals surface area contributed by atoms with Gasteiger partial charge in [0, 0.05) is 11.8 Å². The molecule has 0 aliphatic carbocycles. The van der Waals surface area contributed by atoms with Crippen LogP contribution in [0, 0.1) is 27.7 Å². The zero-order valence-electron chi connectivity index (χ0n) is 20.3. The third kappa shape index (κ3) is 5.34. The Balaban J connectivity index is 2.07. The Hall–Kier alpha value is -3.52. The van der Waals surface area contributed by atoms with E-state index in [4.69, 9.17) is 9.47 Å². The molecule has 1 amide bonds. The lowest BCUT2D eigenvalue weighted by Gasteiger charge is -2.26. The Labute approximate surface area is 201 Å². The summed E-state index contributed by atoms with van der Waals surface area (Å²) in [5.74, 6) is 0.258. The highest BCUT2D eigenvalue weighted by atomic mass is 32.2. The van der Waals surface area contributed by atoms with Gasteiger partial charge in [0.1, 0.15) is 18.0 Å². The van der Waals surface area contributed by atoms with Crippen molar-refractivity contribution in [2.45, 2.75) is 32.6 Å². The summed E-state index contributed by atoms with van der Waals surface area (Å²) in [6.07, 6.45) is 0. The van der Waals surface area contributed by atoms with E-state index in [0.29, 0.717) is 17.2 Å². The monoisotopic (exact) mass is 482 g/mol. The standard InChI is InChI=1S/C26H30N2O5S/c1-17-7-10-22(11-8-17)34(30,31)28(23-15-21(32-5)9-12-24(23)33-6)16-25(29)27-26-19(3)13-18(2)14-20(26)4/h7-15H,16H2,1-6H3,(H,27,29). The van der Waals surface area contributed by atoms with Gasteiger partial charge in [0.25, 0.3) is 10.0 Å². The van der Waals surface area contributed by atoms with Crippen molar-refractivity contribution < 1.29 is 22.7 Å². The highest BCUT2D eigenvalue weighted by molar-refractivity contribution is 7.92. The van der Waals surface area contributed by atoms with Crippen molar-refractivity contribution in [3.8, 4) is 11.5 Å². The molecule has 3 aromatic rings. The molecule has 0 unspecified atom stereocenters. The molecule has 0 fully saturated rings. The van der Waals surface area contributed by atoms with Crippen LogP contribution in [0.4, 0.5) is 11.4 Å². The number of benzene rings is 3. The minimum atomic E-state index is -4.11. The summed E-state index contributed by atoms with van der Waals surface area (Å²) in [7, 11) is -1.17. The first kappa shape index (κ1) is 25.1. The zero-order valence-corrected chi connectivity index (χ0v) is 21.1. The van der Waals surface area contributed by atoms with Gasteiger partial charge in [0.2, 0.25) is 5.91 Å². The third-order valence-corrected chi connectivity index (χ3v) is 7.27. The number of ether oxygens (including phenoxy) is 2. The van der Waals surface area contributed by atoms with Gasteiger partial charge in [-0.2, -0.15) is 0 Å². The van der Waals surface area contributed by atoms with Crippen LogP contribution in [0.5, 0.6) is 11.5 Å². The van der Waals surface area contributed by atoms with Crippen molar-refractivity contribution in [1.82, 2.24) is 0 Å². The van der Waals surface area contributed by atoms with Crippen molar-refractivity contribution in [3.63, 3.8) is 0 Å². The Morgan fingerprint density at radius 2 is 1.47 bits per heavy atom. The number of hydrogen-bond donors (Lipinski definition) is 1. The molecule has 7 nitrogen and oxygen atoms in total. The summed E-state index contributed by atoms with van der Waals surface area (Å²) < 4.78 is 39.2. The van der Waals surface area contributed by atoms with Gasteiger partial charge in [-0.25, -0.2) is 8.42 Å². The lowest BCUT2D eigenvalue weighted by Crippen LogP contribution is -2.38. The molecular formula is C26H30N2O5S. The van der Waals surface area contributed by atoms with Crippen molar-refractivity contribution >= 4 is 27.3 Å². The number of carbonyl (C=O) groups is 1. The quantitative estimate of drug-likeness (QED) is 0.500. The number of amides is 1. The summed E-state index contributed by atoms with van der Waals surface area (Å²) >= 11 is 0. The van der Waals surface area contributed by atoms with Crippen LogP contribution < -0.4 is 19.1 Å². The van der Waals surface area contributed by atoms with Crippen LogP contribution in [0.25, 0.3) is 0 Å². The van der Waals surface area contributed by atoms with Gasteiger partial charge >= 0.3 is 0 Å². The molecular weight excluding hydrogens is 452 g/mol. The molecule has 0 atom stereocenters. The minimum Gasteiger partial charge on any atom is -0.497 e. The summed E-state index contributed by atoms with van der Waals surface area (Å²) in [6, 6.07) is 15.2. The van der Waals surface area contributed by atoms with Crippen LogP contribution in [0.1, 0.15) is 22.3 Å². The third-order valence-electron chi connectivity index (χ3n) is 5.49. The van der Waals surface area contributed by atoms with Gasteiger partial charge in [-0.1, -0.05) is 35.4 Å². The predicted molar refractivity (Wildman–Crippen MR) is 135 cm³/mol. The van der Waals surface area contributed by atoms with Crippen LogP contribution in [0.15, 0.2) is 59.5 Å². The second-order valence-electron chi connectivity index (χ2n) is 8.18. The molecule has 0 aromatic heterocycles. The van der Waals surface area contributed by atoms with Crippen molar-refractivity contribution in [2.24, 2.45) is 0 Å². The van der Waals surface area contributed by atoms with E-state index in [1.54, 1.807) is 30.3 Å². The Bertz CT molecular complexity index is 1280. The topological polar surface area (TPSA) is 84.9 Å². The smallest absolute Gasteiger partial charge is 0.264 e. The number of rotatable bonds is 8. The van der Waals surface area contributed by atoms with Crippen LogP contribution in [-0.4, -0.2) is 35.1 Å². The molecule has 0 spiro atoms. The van der Waals surface area contributed by atoms with Crippen LogP contribution in [-0.2, 0) is 14.8 Å². The fourth-order valence-corrected chi connectivity index (χ4v) is 5.24. The number of anilines is 2. The summed E-state index contributed by atoms with van der Waals surface area (Å²) in [5.41, 5.74) is 4.68. The fraction of sp³-hybridized carbons (Fsp3) is 0.269. The summed E-state index contributed by atoms with van der Waals surface area (Å²) in [5, 5.41) is 2.89. The van der Waals surface area contributed by atoms with E-state index in [2.05, 4.69) is 5.32 Å². The molecule has 34 heavy (non-hydrogen) atoms. The summed E-state index contributed by atoms with van der Waals surface area (Å²) in [4.78, 5) is 13.3. The second kappa shape index (κ2) is 10.2. The van der Waals surface area contributed by atoms with E-state index in [-0.39, 0.29) is 10.6 Å². The first-order chi connectivity index (χ1) is 16.1. The Morgan fingerprint density at radius 1 is 0.853 bits per heavy atom. The molecule has 0 saturated carbocycles. The van der Waals surface area contributed by atoms with Gasteiger partial charge in [0.05, 0.1) is 24.8 Å². The van der Waals surface area contributed by atoms with Gasteiger partial charge < -0.3 is 14.8 Å². The predicted octanol–water partition coefficient (Wildman–Crippen LogP) is 4.77.